The Morgan fingerprint density at radius 2 is 1.93 bits per heavy atom. The molecule has 2 aliphatic carbocycles. The summed E-state index contributed by atoms with van der Waals surface area (Å²) < 4.78 is 16.8. The summed E-state index contributed by atoms with van der Waals surface area (Å²) in [6.45, 7) is 6.06. The van der Waals surface area contributed by atoms with Crippen LogP contribution in [-0.4, -0.2) is 27.6 Å². The average molecular weight is 410 g/mol. The molecule has 0 radical (unpaired) electrons. The van der Waals surface area contributed by atoms with Gasteiger partial charge in [-0.1, -0.05) is 13.8 Å². The van der Waals surface area contributed by atoms with Crippen LogP contribution in [0.5, 0.6) is 0 Å². The van der Waals surface area contributed by atoms with Gasteiger partial charge in [0.1, 0.15) is 17.4 Å². The number of hydrogen-bond donors (Lipinski definition) is 2. The van der Waals surface area contributed by atoms with Gasteiger partial charge in [0.05, 0.1) is 17.5 Å². The summed E-state index contributed by atoms with van der Waals surface area (Å²) in [7, 11) is 0. The van der Waals surface area contributed by atoms with E-state index in [-0.39, 0.29) is 28.9 Å². The maximum absolute atomic E-state index is 14.9. The van der Waals surface area contributed by atoms with Crippen LogP contribution in [0.3, 0.4) is 0 Å². The molecule has 0 bridgehead atoms. The highest BCUT2D eigenvalue weighted by Crippen LogP contribution is 2.38. The van der Waals surface area contributed by atoms with Crippen molar-refractivity contribution in [2.45, 2.75) is 71.4 Å². The number of nitrogens with zero attached hydrogens (tertiary/aromatic N) is 2. The molecular weight excluding hydrogens is 381 g/mol. The van der Waals surface area contributed by atoms with Crippen LogP contribution >= 0.6 is 0 Å². The summed E-state index contributed by atoms with van der Waals surface area (Å²) in [5, 5.41) is 22.6. The highest BCUT2D eigenvalue weighted by atomic mass is 19.1. The van der Waals surface area contributed by atoms with Gasteiger partial charge in [-0.05, 0) is 62.1 Å². The number of nitrogens with one attached hydrogen (secondary N) is 1. The van der Waals surface area contributed by atoms with Crippen molar-refractivity contribution in [3.8, 4) is 11.8 Å². The second-order valence-corrected chi connectivity index (χ2v) is 9.56. The van der Waals surface area contributed by atoms with Gasteiger partial charge in [0.2, 0.25) is 0 Å². The number of aromatic nitrogens is 1. The van der Waals surface area contributed by atoms with Gasteiger partial charge in [-0.25, -0.2) is 4.39 Å². The van der Waals surface area contributed by atoms with Gasteiger partial charge in [0.25, 0.3) is 0 Å². The number of nitriles is 1. The standard InChI is InChI=1S/C24H28FN3O2/c1-14-13-28(21-10-24(2,3)11-22(30)23(14)21)16-8-19(25)18(12-26)20(9-16)27-15-4-6-17(29)7-5-15/h8-9,13,15,17,27,29H,4-7,10-11H2,1-3H3. The molecule has 1 saturated carbocycles. The summed E-state index contributed by atoms with van der Waals surface area (Å²) in [4.78, 5) is 12.7. The van der Waals surface area contributed by atoms with E-state index in [2.05, 4.69) is 19.2 Å². The fourth-order valence-electron chi connectivity index (χ4n) is 4.91. The molecule has 1 heterocycles. The Bertz CT molecular complexity index is 1040. The largest absolute Gasteiger partial charge is 0.393 e. The van der Waals surface area contributed by atoms with E-state index < -0.39 is 5.82 Å². The third-order valence-corrected chi connectivity index (χ3v) is 6.38. The van der Waals surface area contributed by atoms with Crippen molar-refractivity contribution >= 4 is 11.5 Å². The quantitative estimate of drug-likeness (QED) is 0.772. The van der Waals surface area contributed by atoms with Crippen LogP contribution in [0.1, 0.15) is 73.1 Å². The molecule has 0 atom stereocenters. The monoisotopic (exact) mass is 409 g/mol. The molecule has 2 aromatic rings. The Morgan fingerprint density at radius 1 is 1.23 bits per heavy atom. The molecule has 1 aromatic carbocycles. The molecular formula is C24H28FN3O2. The van der Waals surface area contributed by atoms with Gasteiger partial charge in [0, 0.05) is 29.9 Å². The van der Waals surface area contributed by atoms with Gasteiger partial charge in [-0.3, -0.25) is 4.79 Å². The van der Waals surface area contributed by atoms with E-state index in [4.69, 9.17) is 0 Å². The number of benzene rings is 1. The van der Waals surface area contributed by atoms with Crippen molar-refractivity contribution in [1.82, 2.24) is 4.57 Å². The molecule has 5 nitrogen and oxygen atoms in total. The van der Waals surface area contributed by atoms with E-state index in [0.29, 0.717) is 30.6 Å². The summed E-state index contributed by atoms with van der Waals surface area (Å²) in [5.74, 6) is -0.444. The highest BCUT2D eigenvalue weighted by Gasteiger charge is 2.35. The van der Waals surface area contributed by atoms with Crippen molar-refractivity contribution in [2.24, 2.45) is 5.41 Å². The minimum atomic E-state index is -0.574. The lowest BCUT2D eigenvalue weighted by atomic mass is 9.75. The minimum Gasteiger partial charge on any atom is -0.393 e. The van der Waals surface area contributed by atoms with E-state index in [9.17, 15) is 19.6 Å². The zero-order valence-electron chi connectivity index (χ0n) is 17.8. The molecule has 0 saturated heterocycles. The van der Waals surface area contributed by atoms with E-state index in [1.807, 2.05) is 23.8 Å². The molecule has 0 amide bonds. The summed E-state index contributed by atoms with van der Waals surface area (Å²) in [5.41, 5.74) is 3.47. The summed E-state index contributed by atoms with van der Waals surface area (Å²) >= 11 is 0. The number of carbonyl (C=O) groups is 1. The Labute approximate surface area is 176 Å². The van der Waals surface area contributed by atoms with Gasteiger partial charge in [-0.15, -0.1) is 0 Å². The molecule has 6 heteroatoms. The molecule has 2 aliphatic rings. The number of fused-ring (bicyclic) bond motifs is 1. The molecule has 0 spiro atoms. The first kappa shape index (κ1) is 20.6. The molecule has 0 unspecified atom stereocenters. The summed E-state index contributed by atoms with van der Waals surface area (Å²) in [6.07, 6.45) is 5.80. The zero-order chi connectivity index (χ0) is 21.6. The van der Waals surface area contributed by atoms with Crippen LogP contribution in [0.4, 0.5) is 10.1 Å². The molecule has 1 aromatic heterocycles. The first-order chi connectivity index (χ1) is 14.2. The molecule has 1 fully saturated rings. The molecule has 158 valence electrons. The Morgan fingerprint density at radius 3 is 2.60 bits per heavy atom. The van der Waals surface area contributed by atoms with Crippen LogP contribution in [0, 0.1) is 29.5 Å². The number of carbonyl (C=O) groups excluding carboxylic acids is 1. The Kier molecular flexibility index (Phi) is 5.19. The van der Waals surface area contributed by atoms with Gasteiger partial charge >= 0.3 is 0 Å². The summed E-state index contributed by atoms with van der Waals surface area (Å²) in [6, 6.07) is 5.25. The first-order valence-corrected chi connectivity index (χ1v) is 10.6. The lowest BCUT2D eigenvalue weighted by molar-refractivity contribution is 0.0910. The molecule has 30 heavy (non-hydrogen) atoms. The smallest absolute Gasteiger partial charge is 0.165 e. The third-order valence-electron chi connectivity index (χ3n) is 6.38. The number of Topliss-reactive ketones (excluding diaryl/α,β-unsaturated/α-hetero) is 1. The predicted octanol–water partition coefficient (Wildman–Crippen LogP) is 4.67. The van der Waals surface area contributed by atoms with Crippen LogP contribution in [0.2, 0.25) is 0 Å². The number of halogens is 1. The van der Waals surface area contributed by atoms with Crippen molar-refractivity contribution in [2.75, 3.05) is 5.32 Å². The SMILES string of the molecule is Cc1cn(-c2cc(F)c(C#N)c(NC3CCC(O)CC3)c2)c2c1C(=O)CC(C)(C)C2. The van der Waals surface area contributed by atoms with Crippen molar-refractivity contribution in [1.29, 1.82) is 5.26 Å². The number of hydrogen-bond acceptors (Lipinski definition) is 4. The van der Waals surface area contributed by atoms with Crippen LogP contribution in [0.15, 0.2) is 18.3 Å². The average Bonchev–Trinajstić information content (AvgIpc) is 2.98. The minimum absolute atomic E-state index is 0.000904. The number of rotatable bonds is 3. The number of anilines is 1. The van der Waals surface area contributed by atoms with Crippen LogP contribution in [-0.2, 0) is 6.42 Å². The van der Waals surface area contributed by atoms with Crippen molar-refractivity contribution < 1.29 is 14.3 Å². The van der Waals surface area contributed by atoms with Gasteiger partial charge < -0.3 is 15.0 Å². The van der Waals surface area contributed by atoms with E-state index in [1.54, 1.807) is 6.07 Å². The Hall–Kier alpha value is -2.65. The lowest BCUT2D eigenvalue weighted by Crippen LogP contribution is -2.29. The van der Waals surface area contributed by atoms with E-state index >= 15 is 0 Å². The maximum atomic E-state index is 14.9. The highest BCUT2D eigenvalue weighted by molar-refractivity contribution is 6.00. The second-order valence-electron chi connectivity index (χ2n) is 9.56. The zero-order valence-corrected chi connectivity index (χ0v) is 17.8. The van der Waals surface area contributed by atoms with E-state index in [0.717, 1.165) is 36.1 Å². The molecule has 2 N–H and O–H groups in total. The third kappa shape index (κ3) is 3.75. The number of aryl methyl sites for hydroxylation is 1. The van der Waals surface area contributed by atoms with Crippen LogP contribution in [0.25, 0.3) is 5.69 Å². The topological polar surface area (TPSA) is 78.1 Å². The molecule has 0 aliphatic heterocycles. The maximum Gasteiger partial charge on any atom is 0.165 e. The van der Waals surface area contributed by atoms with Crippen molar-refractivity contribution in [3.63, 3.8) is 0 Å². The number of aliphatic hydroxyl groups excluding tert-OH is 1. The lowest BCUT2D eigenvalue weighted by Gasteiger charge is -2.30. The second kappa shape index (κ2) is 7.55. The Balaban J connectivity index is 1.76. The van der Waals surface area contributed by atoms with Gasteiger partial charge in [0.15, 0.2) is 5.78 Å². The van der Waals surface area contributed by atoms with Crippen LogP contribution < -0.4 is 5.32 Å². The first-order valence-electron chi connectivity index (χ1n) is 10.6. The molecule has 4 rings (SSSR count). The van der Waals surface area contributed by atoms with Gasteiger partial charge in [-0.2, -0.15) is 5.26 Å². The normalized spacial score (nSPS) is 23.0. The fourth-order valence-corrected chi connectivity index (χ4v) is 4.91. The van der Waals surface area contributed by atoms with Crippen molar-refractivity contribution in [3.05, 3.63) is 46.5 Å². The number of ketones is 1. The fraction of sp³-hybridized carbons (Fsp3) is 0.500. The predicted molar refractivity (Wildman–Crippen MR) is 113 cm³/mol. The number of aliphatic hydroxyl groups is 1. The van der Waals surface area contributed by atoms with E-state index in [1.165, 1.54) is 6.07 Å².